The van der Waals surface area contributed by atoms with Crippen molar-refractivity contribution < 1.29 is 9.21 Å². The first-order valence-corrected chi connectivity index (χ1v) is 7.47. The first-order chi connectivity index (χ1) is 10.6. The van der Waals surface area contributed by atoms with Gasteiger partial charge in [0.2, 0.25) is 5.91 Å². The summed E-state index contributed by atoms with van der Waals surface area (Å²) in [7, 11) is 0. The van der Waals surface area contributed by atoms with Crippen molar-refractivity contribution in [1.82, 2.24) is 5.32 Å². The summed E-state index contributed by atoms with van der Waals surface area (Å²) in [6, 6.07) is 13.4. The average Bonchev–Trinajstić information content (AvgIpc) is 2.87. The van der Waals surface area contributed by atoms with Gasteiger partial charge in [-0.3, -0.25) is 4.79 Å². The maximum Gasteiger partial charge on any atom is 0.224 e. The third-order valence-electron chi connectivity index (χ3n) is 3.54. The van der Waals surface area contributed by atoms with E-state index in [1.54, 1.807) is 6.26 Å². The third-order valence-corrected chi connectivity index (χ3v) is 3.78. The lowest BCUT2D eigenvalue weighted by atomic mass is 10.1. The Bertz CT molecular complexity index is 823. The molecule has 0 radical (unpaired) electrons. The summed E-state index contributed by atoms with van der Waals surface area (Å²) in [6.45, 7) is 2.48. The van der Waals surface area contributed by atoms with E-state index in [1.165, 1.54) is 0 Å². The summed E-state index contributed by atoms with van der Waals surface area (Å²) in [5.41, 5.74) is 3.84. The molecule has 1 amide bonds. The molecule has 112 valence electrons. The van der Waals surface area contributed by atoms with Crippen LogP contribution in [0.15, 0.2) is 53.1 Å². The minimum absolute atomic E-state index is 0.0387. The van der Waals surface area contributed by atoms with Crippen LogP contribution in [0.5, 0.6) is 0 Å². The lowest BCUT2D eigenvalue weighted by Crippen LogP contribution is -2.24. The Morgan fingerprint density at radius 2 is 2.09 bits per heavy atom. The van der Waals surface area contributed by atoms with Gasteiger partial charge in [0, 0.05) is 22.5 Å². The monoisotopic (exact) mass is 313 g/mol. The number of amides is 1. The number of carbonyl (C=O) groups excluding carboxylic acids is 1. The second kappa shape index (κ2) is 6.24. The molecule has 1 N–H and O–H groups in total. The topological polar surface area (TPSA) is 42.2 Å². The van der Waals surface area contributed by atoms with Crippen LogP contribution >= 0.6 is 11.6 Å². The molecule has 0 bridgehead atoms. The number of aryl methyl sites for hydroxylation is 1. The van der Waals surface area contributed by atoms with Gasteiger partial charge < -0.3 is 9.73 Å². The van der Waals surface area contributed by atoms with E-state index in [9.17, 15) is 4.79 Å². The minimum atomic E-state index is -0.0387. The van der Waals surface area contributed by atoms with Crippen molar-refractivity contribution >= 4 is 28.5 Å². The summed E-state index contributed by atoms with van der Waals surface area (Å²) in [6.07, 6.45) is 1.96. The van der Waals surface area contributed by atoms with Crippen molar-refractivity contribution in [1.29, 1.82) is 0 Å². The van der Waals surface area contributed by atoms with E-state index in [0.717, 1.165) is 27.7 Å². The molecule has 1 heterocycles. The zero-order valence-corrected chi connectivity index (χ0v) is 13.0. The number of halogens is 1. The highest BCUT2D eigenvalue weighted by atomic mass is 35.5. The summed E-state index contributed by atoms with van der Waals surface area (Å²) in [4.78, 5) is 12.1. The third kappa shape index (κ3) is 3.31. The molecular weight excluding hydrogens is 298 g/mol. The standard InChI is InChI=1S/C18H16ClNO2/c1-12-5-6-16-14(11-22-17(16)7-12)9-18(21)20-10-13-3-2-4-15(19)8-13/h2-8,11H,9-10H2,1H3,(H,20,21). The number of hydrogen-bond donors (Lipinski definition) is 1. The number of carbonyl (C=O) groups is 1. The van der Waals surface area contributed by atoms with Crippen molar-refractivity contribution in [2.75, 3.05) is 0 Å². The maximum absolute atomic E-state index is 12.1. The molecule has 0 aliphatic heterocycles. The van der Waals surface area contributed by atoms with Crippen LogP contribution in [0.1, 0.15) is 16.7 Å². The molecule has 22 heavy (non-hydrogen) atoms. The van der Waals surface area contributed by atoms with Crippen LogP contribution in [0.4, 0.5) is 0 Å². The van der Waals surface area contributed by atoms with Crippen LogP contribution in [0.25, 0.3) is 11.0 Å². The number of benzene rings is 2. The van der Waals surface area contributed by atoms with Gasteiger partial charge in [-0.05, 0) is 36.2 Å². The van der Waals surface area contributed by atoms with Gasteiger partial charge in [-0.25, -0.2) is 0 Å². The molecule has 3 rings (SSSR count). The van der Waals surface area contributed by atoms with Gasteiger partial charge in [0.25, 0.3) is 0 Å². The highest BCUT2D eigenvalue weighted by Gasteiger charge is 2.10. The molecule has 0 aliphatic carbocycles. The summed E-state index contributed by atoms with van der Waals surface area (Å²) in [5, 5.41) is 4.56. The molecule has 0 spiro atoms. The second-order valence-corrected chi connectivity index (χ2v) is 5.78. The summed E-state index contributed by atoms with van der Waals surface area (Å²) in [5.74, 6) is -0.0387. The molecule has 0 atom stereocenters. The number of nitrogens with one attached hydrogen (secondary N) is 1. The number of furan rings is 1. The molecule has 3 nitrogen and oxygen atoms in total. The van der Waals surface area contributed by atoms with E-state index < -0.39 is 0 Å². The molecule has 0 aliphatic rings. The van der Waals surface area contributed by atoms with E-state index in [0.29, 0.717) is 18.0 Å². The van der Waals surface area contributed by atoms with Crippen LogP contribution < -0.4 is 5.32 Å². The van der Waals surface area contributed by atoms with E-state index in [2.05, 4.69) is 5.32 Å². The fourth-order valence-electron chi connectivity index (χ4n) is 2.41. The minimum Gasteiger partial charge on any atom is -0.464 e. The lowest BCUT2D eigenvalue weighted by Gasteiger charge is -2.05. The van der Waals surface area contributed by atoms with Gasteiger partial charge in [-0.15, -0.1) is 0 Å². The van der Waals surface area contributed by atoms with Crippen molar-refractivity contribution in [3.8, 4) is 0 Å². The predicted molar refractivity (Wildman–Crippen MR) is 88.0 cm³/mol. The second-order valence-electron chi connectivity index (χ2n) is 5.34. The fraction of sp³-hybridized carbons (Fsp3) is 0.167. The maximum atomic E-state index is 12.1. The Kier molecular flexibility index (Phi) is 4.16. The zero-order valence-electron chi connectivity index (χ0n) is 12.2. The van der Waals surface area contributed by atoms with E-state index in [1.807, 2.05) is 49.4 Å². The van der Waals surface area contributed by atoms with Gasteiger partial charge in [-0.2, -0.15) is 0 Å². The largest absolute Gasteiger partial charge is 0.464 e. The Hall–Kier alpha value is -2.26. The molecular formula is C18H16ClNO2. The molecule has 2 aromatic carbocycles. The predicted octanol–water partition coefficient (Wildman–Crippen LogP) is 4.25. The summed E-state index contributed by atoms with van der Waals surface area (Å²) < 4.78 is 5.51. The highest BCUT2D eigenvalue weighted by molar-refractivity contribution is 6.30. The van der Waals surface area contributed by atoms with E-state index in [4.69, 9.17) is 16.0 Å². The lowest BCUT2D eigenvalue weighted by molar-refractivity contribution is -0.120. The van der Waals surface area contributed by atoms with Crippen molar-refractivity contribution in [3.63, 3.8) is 0 Å². The molecule has 0 unspecified atom stereocenters. The fourth-order valence-corrected chi connectivity index (χ4v) is 2.62. The molecule has 3 aromatic rings. The van der Waals surface area contributed by atoms with Crippen LogP contribution in [0.3, 0.4) is 0 Å². The first kappa shape index (κ1) is 14.7. The Morgan fingerprint density at radius 1 is 1.23 bits per heavy atom. The quantitative estimate of drug-likeness (QED) is 0.782. The normalized spacial score (nSPS) is 10.8. The Morgan fingerprint density at radius 3 is 2.91 bits per heavy atom. The molecule has 0 saturated carbocycles. The summed E-state index contributed by atoms with van der Waals surface area (Å²) >= 11 is 5.93. The Labute approximate surface area is 133 Å². The van der Waals surface area contributed by atoms with Crippen molar-refractivity contribution in [2.24, 2.45) is 0 Å². The van der Waals surface area contributed by atoms with Crippen LogP contribution in [-0.4, -0.2) is 5.91 Å². The van der Waals surface area contributed by atoms with Gasteiger partial charge >= 0.3 is 0 Å². The van der Waals surface area contributed by atoms with E-state index in [-0.39, 0.29) is 5.91 Å². The molecule has 4 heteroatoms. The number of rotatable bonds is 4. The van der Waals surface area contributed by atoms with Gasteiger partial charge in [0.05, 0.1) is 12.7 Å². The molecule has 1 aromatic heterocycles. The Balaban J connectivity index is 1.66. The molecule has 0 saturated heterocycles. The van der Waals surface area contributed by atoms with Gasteiger partial charge in [-0.1, -0.05) is 35.9 Å². The molecule has 0 fully saturated rings. The van der Waals surface area contributed by atoms with E-state index >= 15 is 0 Å². The van der Waals surface area contributed by atoms with Crippen molar-refractivity contribution in [2.45, 2.75) is 19.9 Å². The number of fused-ring (bicyclic) bond motifs is 1. The average molecular weight is 314 g/mol. The smallest absolute Gasteiger partial charge is 0.224 e. The zero-order chi connectivity index (χ0) is 15.5. The van der Waals surface area contributed by atoms with Crippen LogP contribution in [-0.2, 0) is 17.8 Å². The SMILES string of the molecule is Cc1ccc2c(CC(=O)NCc3cccc(Cl)c3)coc2c1. The van der Waals surface area contributed by atoms with Crippen LogP contribution in [0, 0.1) is 6.92 Å². The van der Waals surface area contributed by atoms with Gasteiger partial charge in [0.15, 0.2) is 0 Å². The van der Waals surface area contributed by atoms with Gasteiger partial charge in [0.1, 0.15) is 5.58 Å². The highest BCUT2D eigenvalue weighted by Crippen LogP contribution is 2.22. The number of hydrogen-bond acceptors (Lipinski definition) is 2. The van der Waals surface area contributed by atoms with Crippen LogP contribution in [0.2, 0.25) is 5.02 Å². The van der Waals surface area contributed by atoms with Crippen molar-refractivity contribution in [3.05, 3.63) is 70.4 Å². The first-order valence-electron chi connectivity index (χ1n) is 7.10.